The van der Waals surface area contributed by atoms with E-state index in [1.165, 1.54) is 24.4 Å². The van der Waals surface area contributed by atoms with Crippen molar-refractivity contribution in [2.45, 2.75) is 25.3 Å². The van der Waals surface area contributed by atoms with Gasteiger partial charge in [-0.25, -0.2) is 12.8 Å². The van der Waals surface area contributed by atoms with Gasteiger partial charge >= 0.3 is 6.18 Å². The van der Waals surface area contributed by atoms with Gasteiger partial charge in [0.05, 0.1) is 28.6 Å². The molecule has 34 heavy (non-hydrogen) atoms. The number of aromatic nitrogens is 2. The molecular weight excluding hydrogens is 472 g/mol. The first-order chi connectivity index (χ1) is 16.0. The van der Waals surface area contributed by atoms with E-state index in [1.54, 1.807) is 24.3 Å². The van der Waals surface area contributed by atoms with Gasteiger partial charge in [0.25, 0.3) is 10.0 Å². The third-order valence-corrected chi connectivity index (χ3v) is 6.81. The Morgan fingerprint density at radius 1 is 1.00 bits per heavy atom. The first kappa shape index (κ1) is 23.6. The summed E-state index contributed by atoms with van der Waals surface area (Å²) in [6.07, 6.45) is -4.12. The molecule has 3 aromatic carbocycles. The van der Waals surface area contributed by atoms with Gasteiger partial charge in [-0.3, -0.25) is 4.79 Å². The summed E-state index contributed by atoms with van der Waals surface area (Å²) in [4.78, 5) is 12.6. The van der Waals surface area contributed by atoms with Gasteiger partial charge in [-0.15, -0.1) is 0 Å². The van der Waals surface area contributed by atoms with Crippen LogP contribution in [0.15, 0.2) is 66.9 Å². The van der Waals surface area contributed by atoms with Crippen LogP contribution in [-0.2, 0) is 28.4 Å². The molecule has 0 aliphatic carbocycles. The number of nitrogens with zero attached hydrogens (tertiary/aromatic N) is 2. The maximum atomic E-state index is 14.2. The lowest BCUT2D eigenvalue weighted by atomic mass is 9.97. The molecule has 176 valence electrons. The lowest BCUT2D eigenvalue weighted by molar-refractivity contribution is -0.138. The van der Waals surface area contributed by atoms with E-state index in [9.17, 15) is 30.8 Å². The van der Waals surface area contributed by atoms with Crippen LogP contribution in [0.25, 0.3) is 10.9 Å². The summed E-state index contributed by atoms with van der Waals surface area (Å²) in [7, 11) is -3.93. The maximum absolute atomic E-state index is 14.2. The molecule has 0 unspecified atom stereocenters. The molecule has 0 radical (unpaired) electrons. The Labute approximate surface area is 192 Å². The summed E-state index contributed by atoms with van der Waals surface area (Å²) >= 11 is 0. The fourth-order valence-electron chi connectivity index (χ4n) is 3.65. The SMILES string of the molecule is Cc1ccc(CS(=O)(=O)n2ncc3ccc(CC(=O)c4c(F)cccc4C(F)(F)F)cc32)cc1. The second-order valence-corrected chi connectivity index (χ2v) is 9.68. The Bertz CT molecular complexity index is 1490. The molecule has 0 spiro atoms. The Balaban J connectivity index is 1.67. The second kappa shape index (κ2) is 8.68. The van der Waals surface area contributed by atoms with Crippen LogP contribution in [0.1, 0.15) is 32.6 Å². The summed E-state index contributed by atoms with van der Waals surface area (Å²) in [6.45, 7) is 1.88. The largest absolute Gasteiger partial charge is 0.417 e. The Morgan fingerprint density at radius 3 is 2.35 bits per heavy atom. The number of carbonyl (C=O) groups excluding carboxylic acids is 1. The van der Waals surface area contributed by atoms with Crippen LogP contribution in [0.2, 0.25) is 0 Å². The summed E-state index contributed by atoms with van der Waals surface area (Å²) in [5.74, 6) is -2.66. The highest BCUT2D eigenvalue weighted by atomic mass is 32.2. The van der Waals surface area contributed by atoms with Crippen molar-refractivity contribution in [3.63, 3.8) is 0 Å². The quantitative estimate of drug-likeness (QED) is 0.272. The predicted octanol–water partition coefficient (Wildman–Crippen LogP) is 5.31. The molecule has 4 aromatic rings. The first-order valence-electron chi connectivity index (χ1n) is 10.1. The van der Waals surface area contributed by atoms with E-state index in [0.717, 1.165) is 21.8 Å². The molecule has 5 nitrogen and oxygen atoms in total. The highest BCUT2D eigenvalue weighted by molar-refractivity contribution is 7.89. The number of hydrogen-bond donors (Lipinski definition) is 0. The Hall–Kier alpha value is -3.53. The van der Waals surface area contributed by atoms with Crippen molar-refractivity contribution >= 4 is 26.7 Å². The van der Waals surface area contributed by atoms with E-state index in [-0.39, 0.29) is 16.8 Å². The van der Waals surface area contributed by atoms with Crippen LogP contribution in [0.4, 0.5) is 17.6 Å². The van der Waals surface area contributed by atoms with Crippen molar-refractivity contribution in [2.75, 3.05) is 0 Å². The third kappa shape index (κ3) is 4.72. The highest BCUT2D eigenvalue weighted by Gasteiger charge is 2.36. The molecule has 0 aliphatic heterocycles. The maximum Gasteiger partial charge on any atom is 0.417 e. The van der Waals surface area contributed by atoms with Crippen LogP contribution in [0.3, 0.4) is 0 Å². The average molecular weight is 490 g/mol. The van der Waals surface area contributed by atoms with Crippen molar-refractivity contribution in [1.29, 1.82) is 0 Å². The minimum Gasteiger partial charge on any atom is -0.294 e. The lowest BCUT2D eigenvalue weighted by Gasteiger charge is -2.13. The van der Waals surface area contributed by atoms with Crippen molar-refractivity contribution in [1.82, 2.24) is 9.19 Å². The lowest BCUT2D eigenvalue weighted by Crippen LogP contribution is -2.17. The zero-order valence-corrected chi connectivity index (χ0v) is 18.6. The van der Waals surface area contributed by atoms with Gasteiger partial charge in [0.2, 0.25) is 0 Å². The van der Waals surface area contributed by atoms with Gasteiger partial charge in [0.15, 0.2) is 5.78 Å². The van der Waals surface area contributed by atoms with Crippen LogP contribution in [-0.4, -0.2) is 23.4 Å². The van der Waals surface area contributed by atoms with Crippen molar-refractivity contribution < 1.29 is 30.8 Å². The molecule has 0 fully saturated rings. The fourth-order valence-corrected chi connectivity index (χ4v) is 5.03. The third-order valence-electron chi connectivity index (χ3n) is 5.30. The zero-order valence-electron chi connectivity index (χ0n) is 17.8. The molecule has 0 atom stereocenters. The number of Topliss-reactive ketones (excluding diaryl/α,β-unsaturated/α-hetero) is 1. The molecule has 1 heterocycles. The number of ketones is 1. The monoisotopic (exact) mass is 490 g/mol. The van der Waals surface area contributed by atoms with Crippen LogP contribution in [0, 0.1) is 12.7 Å². The number of halogens is 4. The summed E-state index contributed by atoms with van der Waals surface area (Å²) in [5, 5.41) is 4.42. The standard InChI is InChI=1S/C24H18F4N2O3S/c1-15-5-7-16(8-6-15)14-34(32,33)30-21-11-17(9-10-18(21)13-29-30)12-22(31)23-19(24(26,27)28)3-2-4-20(23)25/h2-11,13H,12,14H2,1H3. The van der Waals surface area contributed by atoms with Gasteiger partial charge in [-0.1, -0.05) is 48.0 Å². The van der Waals surface area contributed by atoms with E-state index in [1.807, 2.05) is 6.92 Å². The molecule has 10 heteroatoms. The Kier molecular flexibility index (Phi) is 6.03. The molecule has 0 aliphatic rings. The fraction of sp³-hybridized carbons (Fsp3) is 0.167. The van der Waals surface area contributed by atoms with Gasteiger partial charge in [0, 0.05) is 11.8 Å². The number of fused-ring (bicyclic) bond motifs is 1. The van der Waals surface area contributed by atoms with Gasteiger partial charge in [-0.05, 0) is 36.2 Å². The van der Waals surface area contributed by atoms with E-state index < -0.39 is 45.3 Å². The number of alkyl halides is 3. The summed E-state index contributed by atoms with van der Waals surface area (Å²) in [6, 6.07) is 13.6. The van der Waals surface area contributed by atoms with Gasteiger partial charge in [0.1, 0.15) is 5.82 Å². The van der Waals surface area contributed by atoms with Crippen molar-refractivity contribution in [3.05, 3.63) is 100 Å². The topological polar surface area (TPSA) is 69.0 Å². The normalized spacial score (nSPS) is 12.3. The minimum atomic E-state index is -4.90. The van der Waals surface area contributed by atoms with Crippen LogP contribution >= 0.6 is 0 Å². The number of hydrogen-bond acceptors (Lipinski definition) is 4. The molecule has 0 N–H and O–H groups in total. The van der Waals surface area contributed by atoms with E-state index >= 15 is 0 Å². The molecule has 1 aromatic heterocycles. The summed E-state index contributed by atoms with van der Waals surface area (Å²) in [5.41, 5.74) is -0.480. The number of benzene rings is 3. The second-order valence-electron chi connectivity index (χ2n) is 7.88. The van der Waals surface area contributed by atoms with Crippen molar-refractivity contribution in [3.8, 4) is 0 Å². The van der Waals surface area contributed by atoms with Gasteiger partial charge < -0.3 is 0 Å². The minimum absolute atomic E-state index is 0.169. The molecular formula is C24H18F4N2O3S. The highest BCUT2D eigenvalue weighted by Crippen LogP contribution is 2.34. The number of aryl methyl sites for hydroxylation is 1. The molecule has 0 saturated heterocycles. The predicted molar refractivity (Wildman–Crippen MR) is 118 cm³/mol. The average Bonchev–Trinajstić information content (AvgIpc) is 3.18. The molecule has 0 saturated carbocycles. The summed E-state index contributed by atoms with van der Waals surface area (Å²) < 4.78 is 80.8. The molecule has 4 rings (SSSR count). The van der Waals surface area contributed by atoms with Crippen molar-refractivity contribution in [2.24, 2.45) is 0 Å². The van der Waals surface area contributed by atoms with Gasteiger partial charge in [-0.2, -0.15) is 22.4 Å². The van der Waals surface area contributed by atoms with Crippen LogP contribution in [0.5, 0.6) is 0 Å². The Morgan fingerprint density at radius 2 is 1.68 bits per heavy atom. The molecule has 0 amide bonds. The first-order valence-corrected chi connectivity index (χ1v) is 11.7. The number of rotatable bonds is 6. The van der Waals surface area contributed by atoms with E-state index in [2.05, 4.69) is 5.10 Å². The van der Waals surface area contributed by atoms with E-state index in [0.29, 0.717) is 17.0 Å². The zero-order chi connectivity index (χ0) is 24.7. The van der Waals surface area contributed by atoms with Crippen LogP contribution < -0.4 is 0 Å². The molecule has 0 bridgehead atoms. The van der Waals surface area contributed by atoms with E-state index in [4.69, 9.17) is 0 Å². The smallest absolute Gasteiger partial charge is 0.294 e. The number of carbonyl (C=O) groups is 1.